The van der Waals surface area contributed by atoms with Gasteiger partial charge in [0.2, 0.25) is 0 Å². The highest BCUT2D eigenvalue weighted by Gasteiger charge is 2.31. The van der Waals surface area contributed by atoms with Gasteiger partial charge in [-0.05, 0) is 54.8 Å². The number of allylic oxidation sites excluding steroid dienone is 2. The molecule has 0 bridgehead atoms. The van der Waals surface area contributed by atoms with Crippen molar-refractivity contribution < 1.29 is 4.79 Å². The Morgan fingerprint density at radius 3 is 2.23 bits per heavy atom. The molecular weight excluding hydrogens is 436 g/mol. The third-order valence-electron chi connectivity index (χ3n) is 4.96. The van der Waals surface area contributed by atoms with Crippen LogP contribution in [0.2, 0.25) is 0 Å². The molecule has 1 aliphatic heterocycles. The van der Waals surface area contributed by atoms with Crippen LogP contribution in [0, 0.1) is 6.92 Å². The summed E-state index contributed by atoms with van der Waals surface area (Å²) in [4.78, 5) is 13.4. The molecule has 0 fully saturated rings. The molecule has 0 radical (unpaired) electrons. The molecule has 1 aliphatic rings. The molecule has 0 atom stereocenters. The first-order chi connectivity index (χ1) is 14.5. The SMILES string of the molecule is CC1=NN(c2ccccc2)C(=O)C1=C(C=Cc1ccc(Br)cc1)c1ccc(C)cc1. The van der Waals surface area contributed by atoms with Crippen LogP contribution in [0.3, 0.4) is 0 Å². The normalized spacial score (nSPS) is 15.6. The van der Waals surface area contributed by atoms with Gasteiger partial charge in [0.05, 0.1) is 17.0 Å². The predicted molar refractivity (Wildman–Crippen MR) is 128 cm³/mol. The van der Waals surface area contributed by atoms with Gasteiger partial charge in [-0.25, -0.2) is 0 Å². The summed E-state index contributed by atoms with van der Waals surface area (Å²) < 4.78 is 1.03. The smallest absolute Gasteiger partial charge is 0.267 e. The van der Waals surface area contributed by atoms with E-state index in [1.807, 2.05) is 73.7 Å². The number of aryl methyl sites for hydroxylation is 1. The summed E-state index contributed by atoms with van der Waals surface area (Å²) in [6.45, 7) is 3.94. The fourth-order valence-corrected chi connectivity index (χ4v) is 3.64. The second-order valence-electron chi connectivity index (χ2n) is 7.18. The lowest BCUT2D eigenvalue weighted by Crippen LogP contribution is -2.21. The Hall–Kier alpha value is -3.24. The van der Waals surface area contributed by atoms with Crippen molar-refractivity contribution in [2.75, 3.05) is 5.01 Å². The average molecular weight is 457 g/mol. The molecular formula is C26H21BrN2O. The molecule has 3 aromatic rings. The van der Waals surface area contributed by atoms with Crippen LogP contribution in [0.1, 0.15) is 23.6 Å². The number of rotatable bonds is 4. The Balaban J connectivity index is 1.81. The molecule has 0 unspecified atom stereocenters. The zero-order valence-corrected chi connectivity index (χ0v) is 18.4. The Labute approximate surface area is 185 Å². The van der Waals surface area contributed by atoms with Crippen molar-refractivity contribution in [3.63, 3.8) is 0 Å². The van der Waals surface area contributed by atoms with Crippen LogP contribution in [0.5, 0.6) is 0 Å². The number of anilines is 1. The predicted octanol–water partition coefficient (Wildman–Crippen LogP) is 6.65. The van der Waals surface area contributed by atoms with Crippen molar-refractivity contribution in [1.29, 1.82) is 0 Å². The third kappa shape index (κ3) is 4.19. The Kier molecular flexibility index (Phi) is 5.77. The molecule has 0 saturated heterocycles. The Bertz CT molecular complexity index is 1160. The molecule has 0 N–H and O–H groups in total. The van der Waals surface area contributed by atoms with Crippen LogP contribution in [0.25, 0.3) is 11.6 Å². The van der Waals surface area contributed by atoms with E-state index in [4.69, 9.17) is 0 Å². The summed E-state index contributed by atoms with van der Waals surface area (Å²) in [6.07, 6.45) is 4.04. The minimum Gasteiger partial charge on any atom is -0.267 e. The summed E-state index contributed by atoms with van der Waals surface area (Å²) in [6, 6.07) is 25.8. The van der Waals surface area contributed by atoms with Crippen molar-refractivity contribution in [1.82, 2.24) is 0 Å². The highest BCUT2D eigenvalue weighted by molar-refractivity contribution is 9.10. The summed E-state index contributed by atoms with van der Waals surface area (Å²) >= 11 is 3.47. The molecule has 4 rings (SSSR count). The first kappa shape index (κ1) is 20.0. The van der Waals surface area contributed by atoms with E-state index in [0.29, 0.717) is 11.3 Å². The van der Waals surface area contributed by atoms with Gasteiger partial charge in [0.25, 0.3) is 5.91 Å². The van der Waals surface area contributed by atoms with E-state index in [-0.39, 0.29) is 5.91 Å². The van der Waals surface area contributed by atoms with Crippen LogP contribution >= 0.6 is 15.9 Å². The largest absolute Gasteiger partial charge is 0.281 e. The number of para-hydroxylation sites is 1. The number of hydrazone groups is 1. The molecule has 0 aliphatic carbocycles. The van der Waals surface area contributed by atoms with Gasteiger partial charge in [0.1, 0.15) is 0 Å². The summed E-state index contributed by atoms with van der Waals surface area (Å²) in [7, 11) is 0. The van der Waals surface area contributed by atoms with Gasteiger partial charge in [-0.15, -0.1) is 0 Å². The topological polar surface area (TPSA) is 32.7 Å². The first-order valence-corrected chi connectivity index (χ1v) is 10.5. The third-order valence-corrected chi connectivity index (χ3v) is 5.49. The van der Waals surface area contributed by atoms with Crippen LogP contribution in [-0.2, 0) is 4.79 Å². The van der Waals surface area contributed by atoms with Gasteiger partial charge in [-0.3, -0.25) is 4.79 Å². The lowest BCUT2D eigenvalue weighted by atomic mass is 9.95. The lowest BCUT2D eigenvalue weighted by molar-refractivity contribution is -0.114. The average Bonchev–Trinajstić information content (AvgIpc) is 3.06. The summed E-state index contributed by atoms with van der Waals surface area (Å²) in [5, 5.41) is 6.03. The molecule has 148 valence electrons. The zero-order valence-electron chi connectivity index (χ0n) is 16.8. The van der Waals surface area contributed by atoms with Crippen LogP contribution in [0.15, 0.2) is 100 Å². The molecule has 3 aromatic carbocycles. The molecule has 30 heavy (non-hydrogen) atoms. The first-order valence-electron chi connectivity index (χ1n) is 9.73. The van der Waals surface area contributed by atoms with Gasteiger partial charge in [0.15, 0.2) is 0 Å². The maximum atomic E-state index is 13.4. The second kappa shape index (κ2) is 8.64. The van der Waals surface area contributed by atoms with E-state index in [1.165, 1.54) is 10.6 Å². The van der Waals surface area contributed by atoms with Crippen LogP contribution in [-0.4, -0.2) is 11.6 Å². The minimum atomic E-state index is -0.116. The number of carbonyl (C=O) groups is 1. The van der Waals surface area contributed by atoms with Gasteiger partial charge in [0, 0.05) is 4.47 Å². The number of hydrogen-bond acceptors (Lipinski definition) is 2. The number of amides is 1. The molecule has 0 saturated carbocycles. The van der Waals surface area contributed by atoms with E-state index in [0.717, 1.165) is 26.9 Å². The van der Waals surface area contributed by atoms with E-state index < -0.39 is 0 Å². The highest BCUT2D eigenvalue weighted by Crippen LogP contribution is 2.30. The second-order valence-corrected chi connectivity index (χ2v) is 8.09. The maximum absolute atomic E-state index is 13.4. The number of carbonyl (C=O) groups excluding carboxylic acids is 1. The fraction of sp³-hybridized carbons (Fsp3) is 0.0769. The van der Waals surface area contributed by atoms with E-state index in [2.05, 4.69) is 52.2 Å². The number of hydrogen-bond donors (Lipinski definition) is 0. The van der Waals surface area contributed by atoms with Gasteiger partial charge >= 0.3 is 0 Å². The van der Waals surface area contributed by atoms with E-state index in [1.54, 1.807) is 0 Å². The van der Waals surface area contributed by atoms with Gasteiger partial charge in [-0.1, -0.05) is 88.2 Å². The summed E-state index contributed by atoms with van der Waals surface area (Å²) in [5.74, 6) is -0.116. The number of benzene rings is 3. The van der Waals surface area contributed by atoms with Crippen molar-refractivity contribution in [2.24, 2.45) is 5.10 Å². The summed E-state index contributed by atoms with van der Waals surface area (Å²) in [5.41, 5.74) is 6.18. The fourth-order valence-electron chi connectivity index (χ4n) is 3.37. The highest BCUT2D eigenvalue weighted by atomic mass is 79.9. The quantitative estimate of drug-likeness (QED) is 0.404. The molecule has 0 spiro atoms. The van der Waals surface area contributed by atoms with Crippen molar-refractivity contribution in [3.8, 4) is 0 Å². The van der Waals surface area contributed by atoms with Crippen molar-refractivity contribution in [3.05, 3.63) is 112 Å². The van der Waals surface area contributed by atoms with E-state index >= 15 is 0 Å². The zero-order chi connectivity index (χ0) is 21.1. The molecule has 4 heteroatoms. The molecule has 1 amide bonds. The van der Waals surface area contributed by atoms with E-state index in [9.17, 15) is 4.79 Å². The molecule has 0 aromatic heterocycles. The minimum absolute atomic E-state index is 0.116. The van der Waals surface area contributed by atoms with Gasteiger partial charge in [-0.2, -0.15) is 10.1 Å². The monoisotopic (exact) mass is 456 g/mol. The van der Waals surface area contributed by atoms with Crippen LogP contribution < -0.4 is 5.01 Å². The number of nitrogens with zero attached hydrogens (tertiary/aromatic N) is 2. The Morgan fingerprint density at radius 2 is 1.57 bits per heavy atom. The number of halogens is 1. The maximum Gasteiger partial charge on any atom is 0.281 e. The van der Waals surface area contributed by atoms with Crippen molar-refractivity contribution >= 4 is 44.9 Å². The Morgan fingerprint density at radius 1 is 0.900 bits per heavy atom. The van der Waals surface area contributed by atoms with Crippen LogP contribution in [0.4, 0.5) is 5.69 Å². The molecule has 1 heterocycles. The lowest BCUT2D eigenvalue weighted by Gasteiger charge is -2.13. The van der Waals surface area contributed by atoms with Gasteiger partial charge < -0.3 is 0 Å². The van der Waals surface area contributed by atoms with Crippen molar-refractivity contribution in [2.45, 2.75) is 13.8 Å². The molecule has 3 nitrogen and oxygen atoms in total. The standard InChI is InChI=1S/C26H21BrN2O/c1-18-8-13-21(14-9-18)24(17-12-20-10-15-22(27)16-11-20)25-19(2)28-29(26(25)30)23-6-4-3-5-7-23/h3-17H,1-2H3.